The van der Waals surface area contributed by atoms with Gasteiger partial charge in [0.05, 0.1) is 11.9 Å². The summed E-state index contributed by atoms with van der Waals surface area (Å²) in [4.78, 5) is 20.1. The maximum atomic E-state index is 12.0. The van der Waals surface area contributed by atoms with Crippen LogP contribution < -0.4 is 5.32 Å². The predicted molar refractivity (Wildman–Crippen MR) is 70.5 cm³/mol. The fraction of sp³-hybridized carbons (Fsp3) is 0.214. The maximum absolute atomic E-state index is 12.0. The zero-order valence-electron chi connectivity index (χ0n) is 10.5. The molecule has 0 fully saturated rings. The molecule has 4 heteroatoms. The van der Waals surface area contributed by atoms with E-state index in [1.54, 1.807) is 6.20 Å². The highest BCUT2D eigenvalue weighted by atomic mass is 16.1. The third-order valence-corrected chi connectivity index (χ3v) is 2.66. The Balaban J connectivity index is 2.18. The summed E-state index contributed by atoms with van der Waals surface area (Å²) >= 11 is 0. The Morgan fingerprint density at radius 3 is 2.67 bits per heavy atom. The van der Waals surface area contributed by atoms with Gasteiger partial charge in [0, 0.05) is 11.9 Å². The van der Waals surface area contributed by atoms with Crippen LogP contribution in [0.3, 0.4) is 0 Å². The van der Waals surface area contributed by atoms with Gasteiger partial charge in [-0.3, -0.25) is 9.78 Å². The number of aromatic nitrogens is 2. The van der Waals surface area contributed by atoms with Gasteiger partial charge >= 0.3 is 0 Å². The van der Waals surface area contributed by atoms with Crippen LogP contribution in [0.5, 0.6) is 0 Å². The van der Waals surface area contributed by atoms with E-state index in [9.17, 15) is 4.79 Å². The van der Waals surface area contributed by atoms with Crippen LogP contribution in [-0.2, 0) is 6.42 Å². The summed E-state index contributed by atoms with van der Waals surface area (Å²) in [7, 11) is 0. The first kappa shape index (κ1) is 12.2. The van der Waals surface area contributed by atoms with Gasteiger partial charge in [-0.15, -0.1) is 0 Å². The molecule has 2 aromatic rings. The number of aryl methyl sites for hydroxylation is 2. The zero-order valence-corrected chi connectivity index (χ0v) is 10.5. The molecular weight excluding hydrogens is 226 g/mol. The van der Waals surface area contributed by atoms with E-state index in [4.69, 9.17) is 0 Å². The van der Waals surface area contributed by atoms with Crippen molar-refractivity contribution in [2.45, 2.75) is 20.3 Å². The minimum atomic E-state index is -0.233. The number of para-hydroxylation sites is 1. The molecule has 0 saturated carbocycles. The molecule has 1 N–H and O–H groups in total. The molecule has 18 heavy (non-hydrogen) atoms. The third kappa shape index (κ3) is 2.71. The van der Waals surface area contributed by atoms with Crippen molar-refractivity contribution in [1.29, 1.82) is 0 Å². The van der Waals surface area contributed by atoms with Crippen LogP contribution >= 0.6 is 0 Å². The molecule has 1 amide bonds. The highest BCUT2D eigenvalue weighted by Crippen LogP contribution is 2.16. The Kier molecular flexibility index (Phi) is 3.67. The average Bonchev–Trinajstić information content (AvgIpc) is 2.40. The van der Waals surface area contributed by atoms with Crippen LogP contribution in [-0.4, -0.2) is 15.9 Å². The lowest BCUT2D eigenvalue weighted by Crippen LogP contribution is -2.15. The van der Waals surface area contributed by atoms with Crippen LogP contribution in [0, 0.1) is 6.92 Å². The summed E-state index contributed by atoms with van der Waals surface area (Å²) in [6, 6.07) is 7.74. The average molecular weight is 241 g/mol. The predicted octanol–water partition coefficient (Wildman–Crippen LogP) is 2.60. The van der Waals surface area contributed by atoms with E-state index < -0.39 is 0 Å². The fourth-order valence-corrected chi connectivity index (χ4v) is 1.65. The topological polar surface area (TPSA) is 54.9 Å². The molecule has 0 aliphatic carbocycles. The number of hydrogen-bond acceptors (Lipinski definition) is 3. The molecule has 0 bridgehead atoms. The number of carbonyl (C=O) groups excluding carboxylic acids is 1. The molecule has 0 radical (unpaired) electrons. The minimum absolute atomic E-state index is 0.233. The standard InChI is InChI=1S/C14H15N3O/c1-3-11-6-4-5-7-12(11)17-14(18)13-9-15-10(2)8-16-13/h4-9H,3H2,1-2H3,(H,17,18). The SMILES string of the molecule is CCc1ccccc1NC(=O)c1cnc(C)cn1. The first-order valence-electron chi connectivity index (χ1n) is 5.88. The number of benzene rings is 1. The summed E-state index contributed by atoms with van der Waals surface area (Å²) in [5.74, 6) is -0.233. The molecule has 4 nitrogen and oxygen atoms in total. The van der Waals surface area contributed by atoms with Crippen molar-refractivity contribution in [3.05, 3.63) is 53.6 Å². The summed E-state index contributed by atoms with van der Waals surface area (Å²) in [5.41, 5.74) is 3.05. The number of carbonyl (C=O) groups is 1. The van der Waals surface area contributed by atoms with E-state index in [-0.39, 0.29) is 5.91 Å². The molecular formula is C14H15N3O. The lowest BCUT2D eigenvalue weighted by atomic mass is 10.1. The normalized spacial score (nSPS) is 10.1. The quantitative estimate of drug-likeness (QED) is 0.898. The second-order valence-electron chi connectivity index (χ2n) is 4.01. The van der Waals surface area contributed by atoms with Crippen molar-refractivity contribution < 1.29 is 4.79 Å². The van der Waals surface area contributed by atoms with E-state index in [1.807, 2.05) is 31.2 Å². The van der Waals surface area contributed by atoms with Crippen LogP contribution in [0.2, 0.25) is 0 Å². The van der Waals surface area contributed by atoms with E-state index in [1.165, 1.54) is 6.20 Å². The van der Waals surface area contributed by atoms with Crippen LogP contribution in [0.15, 0.2) is 36.7 Å². The van der Waals surface area contributed by atoms with E-state index in [0.29, 0.717) is 5.69 Å². The zero-order chi connectivity index (χ0) is 13.0. The van der Waals surface area contributed by atoms with Gasteiger partial charge in [-0.2, -0.15) is 0 Å². The molecule has 0 unspecified atom stereocenters. The molecule has 2 rings (SSSR count). The molecule has 0 atom stereocenters. The van der Waals surface area contributed by atoms with Gasteiger partial charge in [0.15, 0.2) is 0 Å². The maximum Gasteiger partial charge on any atom is 0.275 e. The third-order valence-electron chi connectivity index (χ3n) is 2.66. The van der Waals surface area contributed by atoms with Gasteiger partial charge in [0.25, 0.3) is 5.91 Å². The Labute approximate surface area is 106 Å². The molecule has 1 aromatic heterocycles. The van der Waals surface area contributed by atoms with Crippen molar-refractivity contribution in [3.8, 4) is 0 Å². The van der Waals surface area contributed by atoms with Crippen molar-refractivity contribution in [2.24, 2.45) is 0 Å². The number of amides is 1. The first-order valence-corrected chi connectivity index (χ1v) is 5.88. The van der Waals surface area contributed by atoms with Gasteiger partial charge in [0.1, 0.15) is 5.69 Å². The largest absolute Gasteiger partial charge is 0.320 e. The second-order valence-corrected chi connectivity index (χ2v) is 4.01. The van der Waals surface area contributed by atoms with Gasteiger partial charge in [0.2, 0.25) is 0 Å². The van der Waals surface area contributed by atoms with Gasteiger partial charge < -0.3 is 5.32 Å². The molecule has 0 spiro atoms. The summed E-state index contributed by atoms with van der Waals surface area (Å²) in [6.07, 6.45) is 3.94. The molecule has 0 aliphatic rings. The molecule has 0 saturated heterocycles. The second kappa shape index (κ2) is 5.40. The number of anilines is 1. The summed E-state index contributed by atoms with van der Waals surface area (Å²) < 4.78 is 0. The van der Waals surface area contributed by atoms with E-state index in [0.717, 1.165) is 23.4 Å². The highest BCUT2D eigenvalue weighted by Gasteiger charge is 2.09. The Hall–Kier alpha value is -2.23. The van der Waals surface area contributed by atoms with Crippen LogP contribution in [0.1, 0.15) is 28.7 Å². The van der Waals surface area contributed by atoms with Crippen LogP contribution in [0.25, 0.3) is 0 Å². The smallest absolute Gasteiger partial charge is 0.275 e. The lowest BCUT2D eigenvalue weighted by molar-refractivity contribution is 0.102. The van der Waals surface area contributed by atoms with Crippen molar-refractivity contribution in [2.75, 3.05) is 5.32 Å². The highest BCUT2D eigenvalue weighted by molar-refractivity contribution is 6.03. The Morgan fingerprint density at radius 1 is 1.22 bits per heavy atom. The first-order chi connectivity index (χ1) is 8.70. The molecule has 1 aromatic carbocycles. The molecule has 92 valence electrons. The number of nitrogens with zero attached hydrogens (tertiary/aromatic N) is 2. The lowest BCUT2D eigenvalue weighted by Gasteiger charge is -2.08. The Bertz CT molecular complexity index is 549. The number of rotatable bonds is 3. The number of nitrogens with one attached hydrogen (secondary N) is 1. The molecule has 0 aliphatic heterocycles. The van der Waals surface area contributed by atoms with Gasteiger partial charge in [-0.05, 0) is 25.0 Å². The van der Waals surface area contributed by atoms with Crippen molar-refractivity contribution in [3.63, 3.8) is 0 Å². The van der Waals surface area contributed by atoms with Crippen molar-refractivity contribution >= 4 is 11.6 Å². The van der Waals surface area contributed by atoms with Gasteiger partial charge in [-0.1, -0.05) is 25.1 Å². The fourth-order valence-electron chi connectivity index (χ4n) is 1.65. The summed E-state index contributed by atoms with van der Waals surface area (Å²) in [6.45, 7) is 3.89. The minimum Gasteiger partial charge on any atom is -0.320 e. The van der Waals surface area contributed by atoms with Crippen molar-refractivity contribution in [1.82, 2.24) is 9.97 Å². The Morgan fingerprint density at radius 2 is 2.00 bits per heavy atom. The van der Waals surface area contributed by atoms with Gasteiger partial charge in [-0.25, -0.2) is 4.98 Å². The van der Waals surface area contributed by atoms with E-state index in [2.05, 4.69) is 22.2 Å². The summed E-state index contributed by atoms with van der Waals surface area (Å²) in [5, 5.41) is 2.86. The number of hydrogen-bond donors (Lipinski definition) is 1. The van der Waals surface area contributed by atoms with Crippen LogP contribution in [0.4, 0.5) is 5.69 Å². The molecule has 1 heterocycles. The van der Waals surface area contributed by atoms with E-state index >= 15 is 0 Å². The monoisotopic (exact) mass is 241 g/mol.